The van der Waals surface area contributed by atoms with E-state index in [4.69, 9.17) is 9.47 Å². The zero-order valence-electron chi connectivity index (χ0n) is 21.3. The quantitative estimate of drug-likeness (QED) is 0.474. The highest BCUT2D eigenvalue weighted by molar-refractivity contribution is 6.05. The first-order valence-corrected chi connectivity index (χ1v) is 12.5. The number of ether oxygens (including phenoxy) is 2. The van der Waals surface area contributed by atoms with E-state index in [1.165, 1.54) is 9.80 Å². The van der Waals surface area contributed by atoms with Gasteiger partial charge in [-0.25, -0.2) is 0 Å². The van der Waals surface area contributed by atoms with E-state index in [1.54, 1.807) is 44.4 Å². The van der Waals surface area contributed by atoms with Gasteiger partial charge in [-0.3, -0.25) is 14.4 Å². The Bertz CT molecular complexity index is 1040. The first-order chi connectivity index (χ1) is 17.0. The lowest BCUT2D eigenvalue weighted by Crippen LogP contribution is -2.59. The van der Waals surface area contributed by atoms with Crippen LogP contribution < -0.4 is 9.64 Å². The summed E-state index contributed by atoms with van der Waals surface area (Å²) in [6, 6.07) is 5.28. The molecule has 0 radical (unpaired) electrons. The summed E-state index contributed by atoms with van der Waals surface area (Å²) in [6.45, 7) is 9.32. The van der Waals surface area contributed by atoms with E-state index in [0.29, 0.717) is 30.7 Å². The van der Waals surface area contributed by atoms with E-state index in [1.807, 2.05) is 13.8 Å². The van der Waals surface area contributed by atoms with E-state index < -0.39 is 47.0 Å². The normalized spacial score (nSPS) is 31.4. The van der Waals surface area contributed by atoms with Crippen LogP contribution in [0.3, 0.4) is 0 Å². The van der Waals surface area contributed by atoms with Gasteiger partial charge in [0.15, 0.2) is 0 Å². The number of carboxylic acids is 1. The van der Waals surface area contributed by atoms with Crippen LogP contribution in [0.2, 0.25) is 0 Å². The number of methoxy groups -OCH3 is 1. The summed E-state index contributed by atoms with van der Waals surface area (Å²) in [5, 5.41) is 20.4. The van der Waals surface area contributed by atoms with Gasteiger partial charge in [-0.2, -0.15) is 0 Å². The minimum Gasteiger partial charge on any atom is -0.497 e. The highest BCUT2D eigenvalue weighted by Gasteiger charge is 2.78. The van der Waals surface area contributed by atoms with Crippen molar-refractivity contribution in [2.75, 3.05) is 25.2 Å². The predicted octanol–water partition coefficient (Wildman–Crippen LogP) is 2.47. The van der Waals surface area contributed by atoms with Crippen molar-refractivity contribution >= 4 is 23.5 Å². The van der Waals surface area contributed by atoms with Crippen LogP contribution in [0.15, 0.2) is 36.9 Å². The third kappa shape index (κ3) is 3.89. The van der Waals surface area contributed by atoms with Crippen molar-refractivity contribution in [1.82, 2.24) is 4.90 Å². The number of carbonyl (C=O) groups excluding carboxylic acids is 2. The Labute approximate surface area is 211 Å². The summed E-state index contributed by atoms with van der Waals surface area (Å²) < 4.78 is 11.7. The second kappa shape index (κ2) is 9.52. The Balaban J connectivity index is 1.84. The van der Waals surface area contributed by atoms with Crippen LogP contribution in [0.25, 0.3) is 0 Å². The molecule has 2 amide bonds. The Kier molecular flexibility index (Phi) is 6.92. The number of nitrogens with zero attached hydrogens (tertiary/aromatic N) is 2. The second-order valence-corrected chi connectivity index (χ2v) is 10.7. The molecule has 6 atom stereocenters. The van der Waals surface area contributed by atoms with Gasteiger partial charge < -0.3 is 29.5 Å². The number of anilines is 1. The largest absolute Gasteiger partial charge is 0.497 e. The Hall–Kier alpha value is -2.91. The predicted molar refractivity (Wildman–Crippen MR) is 133 cm³/mol. The average Bonchev–Trinajstić information content (AvgIpc) is 3.41. The summed E-state index contributed by atoms with van der Waals surface area (Å²) in [5.74, 6) is -3.21. The Morgan fingerprint density at radius 3 is 2.50 bits per heavy atom. The highest BCUT2D eigenvalue weighted by atomic mass is 16.5. The maximum atomic E-state index is 14.4. The zero-order valence-corrected chi connectivity index (χ0v) is 21.3. The number of aliphatic carboxylic acids is 1. The lowest BCUT2D eigenvalue weighted by Gasteiger charge is -2.40. The van der Waals surface area contributed by atoms with Crippen LogP contribution in [0.4, 0.5) is 5.69 Å². The van der Waals surface area contributed by atoms with Crippen LogP contribution in [0, 0.1) is 17.8 Å². The van der Waals surface area contributed by atoms with E-state index >= 15 is 0 Å². The minimum absolute atomic E-state index is 0.138. The van der Waals surface area contributed by atoms with Gasteiger partial charge in [0.1, 0.15) is 17.4 Å². The Morgan fingerprint density at radius 1 is 1.31 bits per heavy atom. The monoisotopic (exact) mass is 500 g/mol. The van der Waals surface area contributed by atoms with Crippen molar-refractivity contribution in [3.63, 3.8) is 0 Å². The first-order valence-electron chi connectivity index (χ1n) is 12.5. The number of rotatable bonds is 10. The van der Waals surface area contributed by atoms with Gasteiger partial charge in [-0.1, -0.05) is 19.9 Å². The molecule has 2 bridgehead atoms. The number of hydrogen-bond acceptors (Lipinski definition) is 6. The molecule has 36 heavy (non-hydrogen) atoms. The summed E-state index contributed by atoms with van der Waals surface area (Å²) in [5.41, 5.74) is -1.72. The van der Waals surface area contributed by atoms with Gasteiger partial charge in [-0.15, -0.1) is 6.58 Å². The summed E-state index contributed by atoms with van der Waals surface area (Å²) >= 11 is 0. The third-order valence-corrected chi connectivity index (χ3v) is 8.02. The van der Waals surface area contributed by atoms with Gasteiger partial charge >= 0.3 is 5.97 Å². The molecular formula is C27H36N2O7. The molecule has 0 aliphatic carbocycles. The van der Waals surface area contributed by atoms with Gasteiger partial charge in [0.2, 0.25) is 5.91 Å². The lowest BCUT2D eigenvalue weighted by atomic mass is 9.66. The number of carbonyl (C=O) groups is 3. The lowest BCUT2D eigenvalue weighted by molar-refractivity contribution is -0.156. The molecule has 3 heterocycles. The molecule has 196 valence electrons. The van der Waals surface area contributed by atoms with Gasteiger partial charge in [0.05, 0.1) is 37.2 Å². The third-order valence-electron chi connectivity index (χ3n) is 8.02. The smallest absolute Gasteiger partial charge is 0.310 e. The number of benzene rings is 1. The van der Waals surface area contributed by atoms with Crippen LogP contribution in [-0.2, 0) is 19.1 Å². The van der Waals surface area contributed by atoms with E-state index in [-0.39, 0.29) is 25.0 Å². The van der Waals surface area contributed by atoms with Gasteiger partial charge in [-0.05, 0) is 56.4 Å². The zero-order chi connectivity index (χ0) is 26.4. The van der Waals surface area contributed by atoms with Crippen molar-refractivity contribution in [3.05, 3.63) is 36.9 Å². The molecule has 9 nitrogen and oxygen atoms in total. The van der Waals surface area contributed by atoms with Crippen LogP contribution >= 0.6 is 0 Å². The molecule has 2 N–H and O–H groups in total. The fraction of sp³-hybridized carbons (Fsp3) is 0.593. The molecule has 1 spiro atoms. The van der Waals surface area contributed by atoms with Crippen molar-refractivity contribution < 1.29 is 34.1 Å². The SMILES string of the molecule is C=CCN(C(=O)C1N([C@@H](CO)CC(C)C)C(=O)[C@@H]2[C@H](C(=O)O)[C@]3(C)CCC12O3)c1ccc(OC)cc1. The average molecular weight is 501 g/mol. The Morgan fingerprint density at radius 2 is 1.97 bits per heavy atom. The van der Waals surface area contributed by atoms with Gasteiger partial charge in [0.25, 0.3) is 5.91 Å². The number of aliphatic hydroxyl groups is 1. The molecule has 0 aromatic heterocycles. The van der Waals surface area contributed by atoms with Crippen molar-refractivity contribution in [1.29, 1.82) is 0 Å². The number of carboxylic acid groups (broad SMARTS) is 1. The van der Waals surface area contributed by atoms with E-state index in [0.717, 1.165) is 0 Å². The summed E-state index contributed by atoms with van der Waals surface area (Å²) in [4.78, 5) is 43.7. The fourth-order valence-electron chi connectivity index (χ4n) is 6.59. The summed E-state index contributed by atoms with van der Waals surface area (Å²) in [7, 11) is 1.56. The van der Waals surface area contributed by atoms with E-state index in [9.17, 15) is 24.6 Å². The second-order valence-electron chi connectivity index (χ2n) is 10.7. The number of hydrogen-bond donors (Lipinski definition) is 2. The molecule has 3 fully saturated rings. The number of aliphatic hydroxyl groups excluding tert-OH is 1. The summed E-state index contributed by atoms with van der Waals surface area (Å²) in [6.07, 6.45) is 2.89. The minimum atomic E-state index is -1.28. The molecule has 0 saturated carbocycles. The molecule has 3 saturated heterocycles. The maximum Gasteiger partial charge on any atom is 0.310 e. The molecule has 1 aromatic rings. The molecule has 9 heteroatoms. The van der Waals surface area contributed by atoms with Crippen LogP contribution in [0.1, 0.15) is 40.0 Å². The molecular weight excluding hydrogens is 464 g/mol. The molecule has 4 rings (SSSR count). The van der Waals surface area contributed by atoms with Crippen LogP contribution in [-0.4, -0.2) is 76.4 Å². The van der Waals surface area contributed by atoms with Crippen molar-refractivity contribution in [2.45, 2.75) is 63.3 Å². The number of amides is 2. The fourth-order valence-corrected chi connectivity index (χ4v) is 6.59. The topological polar surface area (TPSA) is 117 Å². The number of fused-ring (bicyclic) bond motifs is 1. The molecule has 3 aliphatic rings. The van der Waals surface area contributed by atoms with E-state index in [2.05, 4.69) is 6.58 Å². The standard InChI is InChI=1S/C27H36N2O7/c1-6-13-28(17-7-9-19(35-5)10-8-17)24(32)22-27-12-11-26(4,36-27)21(25(33)34)20(27)23(31)29(22)18(15-30)14-16(2)3/h6-10,16,18,20-22,30H,1,11-15H2,2-5H3,(H,33,34)/t18-,20+,21-,22?,26+,27?/m1/s1. The highest BCUT2D eigenvalue weighted by Crippen LogP contribution is 2.63. The molecule has 3 aliphatic heterocycles. The first kappa shape index (κ1) is 26.2. The van der Waals surface area contributed by atoms with Crippen molar-refractivity contribution in [3.8, 4) is 5.75 Å². The van der Waals surface area contributed by atoms with Crippen LogP contribution in [0.5, 0.6) is 5.75 Å². The maximum absolute atomic E-state index is 14.4. The molecule has 1 aromatic carbocycles. The number of likely N-dealkylation sites (tertiary alicyclic amines) is 1. The van der Waals surface area contributed by atoms with Crippen molar-refractivity contribution in [2.24, 2.45) is 17.8 Å². The van der Waals surface area contributed by atoms with Gasteiger partial charge in [0, 0.05) is 12.2 Å². The molecule has 2 unspecified atom stereocenters.